The van der Waals surface area contributed by atoms with E-state index in [1.54, 1.807) is 12.4 Å². The minimum absolute atomic E-state index is 0.652. The van der Waals surface area contributed by atoms with E-state index in [1.807, 2.05) is 6.92 Å². The summed E-state index contributed by atoms with van der Waals surface area (Å²) in [5, 5.41) is 3.57. The Morgan fingerprint density at radius 1 is 1.20 bits per heavy atom. The first-order chi connectivity index (χ1) is 7.33. The van der Waals surface area contributed by atoms with Crippen LogP contribution in [-0.4, -0.2) is 16.0 Å². The van der Waals surface area contributed by atoms with Crippen LogP contribution in [0, 0.1) is 18.8 Å². The van der Waals surface area contributed by atoms with Crippen LogP contribution in [0.25, 0.3) is 0 Å². The largest absolute Gasteiger partial charge is 0.366 e. The highest BCUT2D eigenvalue weighted by Crippen LogP contribution is 2.45. The molecule has 80 valence electrons. The molecule has 0 amide bonds. The summed E-state index contributed by atoms with van der Waals surface area (Å²) in [7, 11) is 0. The fourth-order valence-electron chi connectivity index (χ4n) is 3.15. The zero-order valence-corrected chi connectivity index (χ0v) is 9.11. The molecule has 3 atom stereocenters. The molecule has 3 heteroatoms. The van der Waals surface area contributed by atoms with Crippen LogP contribution in [0.5, 0.6) is 0 Å². The Morgan fingerprint density at radius 3 is 2.73 bits per heavy atom. The molecule has 0 aliphatic heterocycles. The molecular weight excluding hydrogens is 186 g/mol. The van der Waals surface area contributed by atoms with Gasteiger partial charge in [0.15, 0.2) is 0 Å². The Hall–Kier alpha value is -1.12. The molecule has 2 aliphatic rings. The van der Waals surface area contributed by atoms with E-state index in [0.717, 1.165) is 23.3 Å². The van der Waals surface area contributed by atoms with Crippen LogP contribution >= 0.6 is 0 Å². The van der Waals surface area contributed by atoms with Gasteiger partial charge in [-0.3, -0.25) is 4.98 Å². The van der Waals surface area contributed by atoms with Crippen molar-refractivity contribution in [1.29, 1.82) is 0 Å². The molecule has 0 radical (unpaired) electrons. The van der Waals surface area contributed by atoms with E-state index in [2.05, 4.69) is 15.3 Å². The molecular formula is C12H17N3. The second-order valence-electron chi connectivity index (χ2n) is 4.92. The van der Waals surface area contributed by atoms with Crippen LogP contribution in [0.3, 0.4) is 0 Å². The van der Waals surface area contributed by atoms with Crippen molar-refractivity contribution in [1.82, 2.24) is 9.97 Å². The lowest BCUT2D eigenvalue weighted by atomic mass is 9.95. The van der Waals surface area contributed by atoms with E-state index in [4.69, 9.17) is 0 Å². The van der Waals surface area contributed by atoms with Gasteiger partial charge in [-0.05, 0) is 38.0 Å². The third-order valence-electron chi connectivity index (χ3n) is 3.94. The van der Waals surface area contributed by atoms with Crippen LogP contribution in [0.15, 0.2) is 12.4 Å². The van der Waals surface area contributed by atoms with Gasteiger partial charge >= 0.3 is 0 Å². The molecule has 2 fully saturated rings. The van der Waals surface area contributed by atoms with Crippen LogP contribution in [0.4, 0.5) is 5.82 Å². The molecule has 15 heavy (non-hydrogen) atoms. The molecule has 1 N–H and O–H groups in total. The molecule has 0 saturated heterocycles. The van der Waals surface area contributed by atoms with Gasteiger partial charge in [0.2, 0.25) is 0 Å². The lowest BCUT2D eigenvalue weighted by Gasteiger charge is -2.23. The highest BCUT2D eigenvalue weighted by atomic mass is 15.0. The first kappa shape index (κ1) is 9.13. The second kappa shape index (κ2) is 3.47. The van der Waals surface area contributed by atoms with Crippen molar-refractivity contribution >= 4 is 5.82 Å². The topological polar surface area (TPSA) is 37.8 Å². The highest BCUT2D eigenvalue weighted by molar-refractivity contribution is 5.40. The summed E-state index contributed by atoms with van der Waals surface area (Å²) in [6.07, 6.45) is 9.13. The minimum Gasteiger partial charge on any atom is -0.366 e. The standard InChI is InChI=1S/C12H17N3/c1-8-12(14-5-4-13-8)15-11-7-9-2-3-10(11)6-9/h4-5,9-11H,2-3,6-7H2,1H3,(H,14,15). The van der Waals surface area contributed by atoms with Crippen molar-refractivity contribution in [3.05, 3.63) is 18.1 Å². The fourth-order valence-corrected chi connectivity index (χ4v) is 3.15. The third kappa shape index (κ3) is 1.60. The molecule has 2 bridgehead atoms. The van der Waals surface area contributed by atoms with Gasteiger partial charge in [-0.2, -0.15) is 0 Å². The summed E-state index contributed by atoms with van der Waals surface area (Å²) in [5.41, 5.74) is 1.01. The molecule has 1 heterocycles. The van der Waals surface area contributed by atoms with Crippen LogP contribution in [0.2, 0.25) is 0 Å². The fraction of sp³-hybridized carbons (Fsp3) is 0.667. The van der Waals surface area contributed by atoms with E-state index >= 15 is 0 Å². The van der Waals surface area contributed by atoms with Gasteiger partial charge in [-0.15, -0.1) is 0 Å². The average molecular weight is 203 g/mol. The normalized spacial score (nSPS) is 33.3. The summed E-state index contributed by atoms with van der Waals surface area (Å²) in [6, 6.07) is 0.652. The molecule has 2 aliphatic carbocycles. The first-order valence-electron chi connectivity index (χ1n) is 5.87. The predicted octanol–water partition coefficient (Wildman–Crippen LogP) is 2.39. The van der Waals surface area contributed by atoms with E-state index in [9.17, 15) is 0 Å². The third-order valence-corrected chi connectivity index (χ3v) is 3.94. The first-order valence-corrected chi connectivity index (χ1v) is 5.87. The maximum absolute atomic E-state index is 4.35. The summed E-state index contributed by atoms with van der Waals surface area (Å²) in [4.78, 5) is 8.61. The zero-order valence-electron chi connectivity index (χ0n) is 9.11. The van der Waals surface area contributed by atoms with Gasteiger partial charge in [-0.25, -0.2) is 4.98 Å². The number of aromatic nitrogens is 2. The van der Waals surface area contributed by atoms with E-state index in [0.29, 0.717) is 6.04 Å². The van der Waals surface area contributed by atoms with Gasteiger partial charge in [0.1, 0.15) is 5.82 Å². The van der Waals surface area contributed by atoms with Crippen molar-refractivity contribution in [2.75, 3.05) is 5.32 Å². The van der Waals surface area contributed by atoms with Gasteiger partial charge in [0.05, 0.1) is 5.69 Å². The van der Waals surface area contributed by atoms with Gasteiger partial charge in [0, 0.05) is 18.4 Å². The van der Waals surface area contributed by atoms with Gasteiger partial charge in [-0.1, -0.05) is 6.42 Å². The Morgan fingerprint density at radius 2 is 2.07 bits per heavy atom. The van der Waals surface area contributed by atoms with E-state index < -0.39 is 0 Å². The second-order valence-corrected chi connectivity index (χ2v) is 4.92. The van der Waals surface area contributed by atoms with E-state index in [1.165, 1.54) is 25.7 Å². The summed E-state index contributed by atoms with van der Waals surface area (Å²) < 4.78 is 0. The van der Waals surface area contributed by atoms with Gasteiger partial charge < -0.3 is 5.32 Å². The molecule has 1 aromatic heterocycles. The Labute approximate surface area is 90.3 Å². The van der Waals surface area contributed by atoms with Crippen molar-refractivity contribution in [3.8, 4) is 0 Å². The average Bonchev–Trinajstić information content (AvgIpc) is 2.83. The summed E-state index contributed by atoms with van der Waals surface area (Å²) in [6.45, 7) is 2.02. The molecule has 3 unspecified atom stereocenters. The van der Waals surface area contributed by atoms with Crippen molar-refractivity contribution in [2.45, 2.75) is 38.6 Å². The monoisotopic (exact) mass is 203 g/mol. The van der Waals surface area contributed by atoms with Crippen molar-refractivity contribution in [2.24, 2.45) is 11.8 Å². The Kier molecular flexibility index (Phi) is 2.11. The van der Waals surface area contributed by atoms with Crippen molar-refractivity contribution in [3.63, 3.8) is 0 Å². The Balaban J connectivity index is 1.73. The number of anilines is 1. The van der Waals surface area contributed by atoms with Crippen LogP contribution in [0.1, 0.15) is 31.4 Å². The van der Waals surface area contributed by atoms with Gasteiger partial charge in [0.25, 0.3) is 0 Å². The highest BCUT2D eigenvalue weighted by Gasteiger charge is 2.39. The lowest BCUT2D eigenvalue weighted by Crippen LogP contribution is -2.26. The maximum atomic E-state index is 4.35. The number of fused-ring (bicyclic) bond motifs is 2. The molecule has 3 nitrogen and oxygen atoms in total. The number of hydrogen-bond acceptors (Lipinski definition) is 3. The summed E-state index contributed by atoms with van der Waals surface area (Å²) >= 11 is 0. The van der Waals surface area contributed by atoms with E-state index in [-0.39, 0.29) is 0 Å². The predicted molar refractivity (Wildman–Crippen MR) is 59.6 cm³/mol. The van der Waals surface area contributed by atoms with Crippen LogP contribution in [-0.2, 0) is 0 Å². The summed E-state index contributed by atoms with van der Waals surface area (Å²) in [5.74, 6) is 2.84. The van der Waals surface area contributed by atoms with Crippen molar-refractivity contribution < 1.29 is 0 Å². The zero-order chi connectivity index (χ0) is 10.3. The number of nitrogens with one attached hydrogen (secondary N) is 1. The minimum atomic E-state index is 0.652. The maximum Gasteiger partial charge on any atom is 0.147 e. The molecule has 2 saturated carbocycles. The Bertz CT molecular complexity index is 364. The number of rotatable bonds is 2. The molecule has 3 rings (SSSR count). The molecule has 1 aromatic rings. The molecule has 0 spiro atoms. The SMILES string of the molecule is Cc1nccnc1NC1CC2CCC1C2. The number of nitrogens with zero attached hydrogens (tertiary/aromatic N) is 2. The smallest absolute Gasteiger partial charge is 0.147 e. The lowest BCUT2D eigenvalue weighted by molar-refractivity contribution is 0.438. The number of hydrogen-bond donors (Lipinski definition) is 1. The molecule has 0 aromatic carbocycles. The quantitative estimate of drug-likeness (QED) is 0.802. The number of aryl methyl sites for hydroxylation is 1. The van der Waals surface area contributed by atoms with Crippen LogP contribution < -0.4 is 5.32 Å².